The van der Waals surface area contributed by atoms with Crippen molar-refractivity contribution in [3.05, 3.63) is 0 Å². The van der Waals surface area contributed by atoms with E-state index in [2.05, 4.69) is 0 Å². The van der Waals surface area contributed by atoms with Gasteiger partial charge >= 0.3 is 5.97 Å². The van der Waals surface area contributed by atoms with Crippen molar-refractivity contribution in [2.24, 2.45) is 0 Å². The van der Waals surface area contributed by atoms with Gasteiger partial charge in [0.2, 0.25) is 0 Å². The third-order valence-corrected chi connectivity index (χ3v) is 6.19. The van der Waals surface area contributed by atoms with E-state index in [0.717, 1.165) is 32.1 Å². The van der Waals surface area contributed by atoms with E-state index >= 15 is 0 Å². The van der Waals surface area contributed by atoms with Gasteiger partial charge < -0.3 is 35.0 Å². The molecule has 0 amide bonds. The van der Waals surface area contributed by atoms with Gasteiger partial charge in [-0.3, -0.25) is 4.79 Å². The van der Waals surface area contributed by atoms with Crippen LogP contribution in [0.1, 0.15) is 104 Å². The Balaban J connectivity index is 2.14. The highest BCUT2D eigenvalue weighted by Gasteiger charge is 2.43. The van der Waals surface area contributed by atoms with Crippen LogP contribution in [0.15, 0.2) is 0 Å². The van der Waals surface area contributed by atoms with Crippen LogP contribution in [0.2, 0.25) is 0 Å². The monoisotopic (exact) mass is 462 g/mol. The van der Waals surface area contributed by atoms with Gasteiger partial charge in [-0.05, 0) is 26.7 Å². The van der Waals surface area contributed by atoms with Crippen LogP contribution < -0.4 is 0 Å². The molecule has 8 nitrogen and oxygen atoms in total. The Bertz CT molecular complexity index is 487. The van der Waals surface area contributed by atoms with E-state index in [1.54, 1.807) is 6.92 Å². The van der Waals surface area contributed by atoms with Crippen molar-refractivity contribution in [1.29, 1.82) is 0 Å². The zero-order valence-corrected chi connectivity index (χ0v) is 19.9. The Kier molecular flexibility index (Phi) is 15.3. The number of aliphatic hydroxyl groups is 4. The third kappa shape index (κ3) is 12.5. The van der Waals surface area contributed by atoms with E-state index in [9.17, 15) is 25.2 Å². The molecule has 1 aliphatic rings. The standard InChI is InChI=1S/C24H46O8/c1-17(25)14-12-10-8-6-4-3-5-7-9-11-13-15-19(16-20(26)27)32-24-23(30)22(29)21(28)18(2)31-24/h17-19,21-25,28-30H,3-16H2,1-2H3,(H,26,27). The van der Waals surface area contributed by atoms with Gasteiger partial charge in [0, 0.05) is 0 Å². The summed E-state index contributed by atoms with van der Waals surface area (Å²) < 4.78 is 11.1. The van der Waals surface area contributed by atoms with Crippen LogP contribution in [0.3, 0.4) is 0 Å². The molecule has 1 rings (SSSR count). The fourth-order valence-corrected chi connectivity index (χ4v) is 4.13. The molecule has 0 aliphatic carbocycles. The van der Waals surface area contributed by atoms with Crippen molar-refractivity contribution in [2.75, 3.05) is 0 Å². The van der Waals surface area contributed by atoms with Crippen molar-refractivity contribution >= 4 is 5.97 Å². The highest BCUT2D eigenvalue weighted by atomic mass is 16.7. The van der Waals surface area contributed by atoms with Crippen LogP contribution in [0.5, 0.6) is 0 Å². The number of rotatable bonds is 18. The number of aliphatic hydroxyl groups excluding tert-OH is 4. The van der Waals surface area contributed by atoms with Crippen molar-refractivity contribution in [3.63, 3.8) is 0 Å². The van der Waals surface area contributed by atoms with Gasteiger partial charge in [-0.1, -0.05) is 70.6 Å². The van der Waals surface area contributed by atoms with Gasteiger partial charge in [-0.2, -0.15) is 0 Å². The average molecular weight is 463 g/mol. The van der Waals surface area contributed by atoms with Gasteiger partial charge in [-0.25, -0.2) is 0 Å². The predicted molar refractivity (Wildman–Crippen MR) is 121 cm³/mol. The number of carboxylic acid groups (broad SMARTS) is 1. The number of hydrogen-bond donors (Lipinski definition) is 5. The van der Waals surface area contributed by atoms with E-state index < -0.39 is 42.8 Å². The maximum atomic E-state index is 11.2. The van der Waals surface area contributed by atoms with E-state index in [0.29, 0.717) is 6.42 Å². The number of carboxylic acids is 1. The molecular formula is C24H46O8. The van der Waals surface area contributed by atoms with Crippen LogP contribution in [-0.2, 0) is 14.3 Å². The molecule has 190 valence electrons. The van der Waals surface area contributed by atoms with Crippen molar-refractivity contribution in [1.82, 2.24) is 0 Å². The molecular weight excluding hydrogens is 416 g/mol. The first kappa shape index (κ1) is 29.3. The molecule has 7 atom stereocenters. The first-order chi connectivity index (χ1) is 15.2. The molecule has 1 aliphatic heterocycles. The second kappa shape index (κ2) is 16.8. The lowest BCUT2D eigenvalue weighted by Crippen LogP contribution is -2.58. The molecule has 0 aromatic heterocycles. The topological polar surface area (TPSA) is 137 Å². The van der Waals surface area contributed by atoms with E-state index in [-0.39, 0.29) is 12.5 Å². The fourth-order valence-electron chi connectivity index (χ4n) is 4.13. The Hall–Kier alpha value is -0.770. The number of hydrogen-bond acceptors (Lipinski definition) is 7. The summed E-state index contributed by atoms with van der Waals surface area (Å²) in [5, 5.41) is 48.1. The molecule has 0 spiro atoms. The molecule has 0 aromatic rings. The summed E-state index contributed by atoms with van der Waals surface area (Å²) in [5.74, 6) is -0.986. The smallest absolute Gasteiger partial charge is 0.305 e. The number of aliphatic carboxylic acids is 1. The summed E-state index contributed by atoms with van der Waals surface area (Å²) in [6.45, 7) is 3.41. The SMILES string of the molecule is CC(O)CCCCCCCCCCCCCC(CC(=O)O)OC1OC(C)C(O)C(O)C1O. The van der Waals surface area contributed by atoms with E-state index in [1.807, 2.05) is 6.92 Å². The van der Waals surface area contributed by atoms with Crippen LogP contribution in [0.4, 0.5) is 0 Å². The van der Waals surface area contributed by atoms with Gasteiger partial charge in [0.15, 0.2) is 6.29 Å². The third-order valence-electron chi connectivity index (χ3n) is 6.19. The summed E-state index contributed by atoms with van der Waals surface area (Å²) >= 11 is 0. The van der Waals surface area contributed by atoms with Gasteiger partial charge in [0.25, 0.3) is 0 Å². The molecule has 0 aromatic carbocycles. The summed E-state index contributed by atoms with van der Waals surface area (Å²) in [7, 11) is 0. The Labute approximate surface area is 192 Å². The summed E-state index contributed by atoms with van der Waals surface area (Å²) in [6.07, 6.45) is 7.15. The second-order valence-electron chi connectivity index (χ2n) is 9.35. The second-order valence-corrected chi connectivity index (χ2v) is 9.35. The maximum Gasteiger partial charge on any atom is 0.305 e. The molecule has 1 fully saturated rings. The van der Waals surface area contributed by atoms with Gasteiger partial charge in [0.1, 0.15) is 18.3 Å². The lowest BCUT2D eigenvalue weighted by molar-refractivity contribution is -0.304. The molecule has 0 radical (unpaired) electrons. The molecule has 8 heteroatoms. The molecule has 0 bridgehead atoms. The summed E-state index contributed by atoms with van der Waals surface area (Å²) in [5.41, 5.74) is 0. The Morgan fingerprint density at radius 1 is 0.812 bits per heavy atom. The lowest BCUT2D eigenvalue weighted by Gasteiger charge is -2.40. The average Bonchev–Trinajstić information content (AvgIpc) is 2.73. The van der Waals surface area contributed by atoms with Crippen LogP contribution >= 0.6 is 0 Å². The summed E-state index contributed by atoms with van der Waals surface area (Å²) in [4.78, 5) is 11.2. The molecule has 5 N–H and O–H groups in total. The highest BCUT2D eigenvalue weighted by molar-refractivity contribution is 5.67. The maximum absolute atomic E-state index is 11.2. The number of unbranched alkanes of at least 4 members (excludes halogenated alkanes) is 10. The highest BCUT2D eigenvalue weighted by Crippen LogP contribution is 2.25. The minimum absolute atomic E-state index is 0.182. The Morgan fingerprint density at radius 2 is 1.28 bits per heavy atom. The van der Waals surface area contributed by atoms with E-state index in [1.165, 1.54) is 44.9 Å². The van der Waals surface area contributed by atoms with Crippen molar-refractivity contribution in [2.45, 2.75) is 147 Å². The van der Waals surface area contributed by atoms with Gasteiger partial charge in [-0.15, -0.1) is 0 Å². The lowest BCUT2D eigenvalue weighted by atomic mass is 9.99. The minimum atomic E-state index is -1.42. The van der Waals surface area contributed by atoms with Crippen LogP contribution in [0.25, 0.3) is 0 Å². The predicted octanol–water partition coefficient (Wildman–Crippen LogP) is 3.13. The quantitative estimate of drug-likeness (QED) is 0.196. The molecule has 32 heavy (non-hydrogen) atoms. The number of ether oxygens (including phenoxy) is 2. The fraction of sp³-hybridized carbons (Fsp3) is 0.958. The Morgan fingerprint density at radius 3 is 1.75 bits per heavy atom. The molecule has 1 saturated heterocycles. The first-order valence-corrected chi connectivity index (χ1v) is 12.5. The summed E-state index contributed by atoms with van der Waals surface area (Å²) in [6, 6.07) is 0. The molecule has 1 heterocycles. The molecule has 0 saturated carbocycles. The zero-order chi connectivity index (χ0) is 23.9. The molecule has 7 unspecified atom stereocenters. The van der Waals surface area contributed by atoms with Gasteiger partial charge in [0.05, 0.1) is 24.7 Å². The number of carbonyl (C=O) groups is 1. The zero-order valence-electron chi connectivity index (χ0n) is 19.9. The van der Waals surface area contributed by atoms with Crippen LogP contribution in [-0.4, -0.2) is 74.4 Å². The van der Waals surface area contributed by atoms with E-state index in [4.69, 9.17) is 14.6 Å². The van der Waals surface area contributed by atoms with Crippen LogP contribution in [0, 0.1) is 0 Å². The normalized spacial score (nSPS) is 27.9. The van der Waals surface area contributed by atoms with Crippen molar-refractivity contribution < 1.29 is 39.8 Å². The first-order valence-electron chi connectivity index (χ1n) is 12.5. The largest absolute Gasteiger partial charge is 0.481 e. The van der Waals surface area contributed by atoms with Crippen molar-refractivity contribution in [3.8, 4) is 0 Å². The minimum Gasteiger partial charge on any atom is -0.481 e.